The molecule has 0 aliphatic carbocycles. The zero-order valence-electron chi connectivity index (χ0n) is 8.50. The molecule has 1 rings (SSSR count). The van der Waals surface area contributed by atoms with Gasteiger partial charge in [-0.25, -0.2) is 16.8 Å². The maximum absolute atomic E-state index is 13.0. The molecular formula is C6H6F6O4S2. The molecule has 0 unspecified atom stereocenters. The van der Waals surface area contributed by atoms with E-state index in [0.29, 0.717) is 6.92 Å². The molecular weight excluding hydrogens is 314 g/mol. The molecule has 1 saturated heterocycles. The van der Waals surface area contributed by atoms with E-state index in [1.807, 2.05) is 0 Å². The first-order valence-corrected chi connectivity index (χ1v) is 7.39. The van der Waals surface area contributed by atoms with E-state index in [-0.39, 0.29) is 0 Å². The molecule has 108 valence electrons. The summed E-state index contributed by atoms with van der Waals surface area (Å²) in [7, 11) is -12.6. The highest BCUT2D eigenvalue weighted by Crippen LogP contribution is 2.57. The second kappa shape index (κ2) is 3.52. The molecule has 1 aliphatic rings. The second-order valence-electron chi connectivity index (χ2n) is 3.54. The van der Waals surface area contributed by atoms with Crippen molar-refractivity contribution in [3.8, 4) is 0 Å². The third-order valence-electron chi connectivity index (χ3n) is 2.47. The molecule has 0 aromatic heterocycles. The largest absolute Gasteiger partial charge is 0.415 e. The van der Waals surface area contributed by atoms with Crippen LogP contribution in [0.1, 0.15) is 13.3 Å². The van der Waals surface area contributed by atoms with Crippen LogP contribution in [0.4, 0.5) is 26.3 Å². The fraction of sp³-hybridized carbons (Fsp3) is 1.00. The Bertz CT molecular complexity index is 515. The van der Waals surface area contributed by atoms with Crippen LogP contribution in [0.25, 0.3) is 0 Å². The summed E-state index contributed by atoms with van der Waals surface area (Å²) in [5.41, 5.74) is 0. The van der Waals surface area contributed by atoms with Gasteiger partial charge in [-0.3, -0.25) is 0 Å². The van der Waals surface area contributed by atoms with E-state index in [1.54, 1.807) is 0 Å². The fourth-order valence-electron chi connectivity index (χ4n) is 1.46. The third-order valence-corrected chi connectivity index (χ3v) is 7.98. The maximum atomic E-state index is 13.0. The molecule has 18 heavy (non-hydrogen) atoms. The Morgan fingerprint density at radius 1 is 0.833 bits per heavy atom. The summed E-state index contributed by atoms with van der Waals surface area (Å²) in [6, 6.07) is 0. The highest BCUT2D eigenvalue weighted by Gasteiger charge is 2.88. The van der Waals surface area contributed by atoms with Crippen LogP contribution >= 0.6 is 0 Å². The number of halogens is 6. The van der Waals surface area contributed by atoms with Crippen molar-refractivity contribution >= 4 is 19.7 Å². The lowest BCUT2D eigenvalue weighted by Gasteiger charge is -2.39. The quantitative estimate of drug-likeness (QED) is 0.685. The average Bonchev–Trinajstić information content (AvgIpc) is 2.15. The van der Waals surface area contributed by atoms with Gasteiger partial charge in [-0.05, 0) is 6.42 Å². The molecule has 0 N–H and O–H groups in total. The summed E-state index contributed by atoms with van der Waals surface area (Å²) in [4.78, 5) is 0. The molecule has 0 amide bonds. The van der Waals surface area contributed by atoms with Crippen molar-refractivity contribution in [2.24, 2.45) is 0 Å². The van der Waals surface area contributed by atoms with Gasteiger partial charge >= 0.3 is 16.4 Å². The number of hydrogen-bond acceptors (Lipinski definition) is 4. The number of alkyl halides is 6. The molecule has 4 nitrogen and oxygen atoms in total. The summed E-state index contributed by atoms with van der Waals surface area (Å²) in [5, 5.41) is -12.3. The fourth-order valence-corrected chi connectivity index (χ4v) is 6.10. The molecule has 1 heterocycles. The van der Waals surface area contributed by atoms with Crippen LogP contribution in [0.15, 0.2) is 0 Å². The van der Waals surface area contributed by atoms with Crippen LogP contribution in [-0.4, -0.2) is 37.8 Å². The molecule has 0 aromatic carbocycles. The minimum atomic E-state index is -6.52. The number of hydrogen-bond donors (Lipinski definition) is 0. The highest BCUT2D eigenvalue weighted by molar-refractivity contribution is 8.10. The lowest BCUT2D eigenvalue weighted by Crippen LogP contribution is -2.69. The molecule has 0 radical (unpaired) electrons. The molecule has 0 bridgehead atoms. The summed E-state index contributed by atoms with van der Waals surface area (Å²) < 4.78 is 118. The Morgan fingerprint density at radius 2 is 1.11 bits per heavy atom. The highest BCUT2D eigenvalue weighted by atomic mass is 32.3. The number of rotatable bonds is 1. The standard InChI is InChI=1S/C6H6F6O4S2/c1-2-3-17(13,14)5(9,10)4(7,8)6(11,12)18(3,15)16/h3H,2H2,1H3. The van der Waals surface area contributed by atoms with Gasteiger partial charge < -0.3 is 0 Å². The first-order chi connectivity index (χ1) is 7.69. The molecule has 0 aromatic rings. The molecule has 0 atom stereocenters. The van der Waals surface area contributed by atoms with Crippen LogP contribution < -0.4 is 0 Å². The smallest absolute Gasteiger partial charge is 0.221 e. The average molecular weight is 320 g/mol. The minimum absolute atomic E-state index is 0.704. The third kappa shape index (κ3) is 1.33. The summed E-state index contributed by atoms with van der Waals surface area (Å²) in [5.74, 6) is -6.52. The van der Waals surface area contributed by atoms with E-state index in [0.717, 1.165) is 0 Å². The summed E-state index contributed by atoms with van der Waals surface area (Å²) >= 11 is 0. The van der Waals surface area contributed by atoms with E-state index in [1.165, 1.54) is 0 Å². The number of sulfone groups is 2. The summed E-state index contributed by atoms with van der Waals surface area (Å²) in [6.45, 7) is 0.704. The van der Waals surface area contributed by atoms with Crippen LogP contribution in [-0.2, 0) is 19.7 Å². The van der Waals surface area contributed by atoms with Gasteiger partial charge in [0.05, 0.1) is 0 Å². The summed E-state index contributed by atoms with van der Waals surface area (Å²) in [6.07, 6.45) is -1.19. The van der Waals surface area contributed by atoms with Crippen LogP contribution in [0.5, 0.6) is 0 Å². The predicted octanol–water partition coefficient (Wildman–Crippen LogP) is 1.39. The monoisotopic (exact) mass is 320 g/mol. The van der Waals surface area contributed by atoms with Crippen molar-refractivity contribution in [2.75, 3.05) is 0 Å². The molecule has 0 saturated carbocycles. The Kier molecular flexibility index (Phi) is 3.04. The molecule has 12 heteroatoms. The van der Waals surface area contributed by atoms with Gasteiger partial charge in [-0.15, -0.1) is 0 Å². The van der Waals surface area contributed by atoms with Crippen molar-refractivity contribution in [2.45, 2.75) is 34.4 Å². The Labute approximate surface area is 97.8 Å². The van der Waals surface area contributed by atoms with Crippen molar-refractivity contribution in [1.82, 2.24) is 0 Å². The van der Waals surface area contributed by atoms with Crippen molar-refractivity contribution < 1.29 is 43.2 Å². The van der Waals surface area contributed by atoms with Gasteiger partial charge in [0.25, 0.3) is 0 Å². The van der Waals surface area contributed by atoms with Crippen LogP contribution in [0.3, 0.4) is 0 Å². The van der Waals surface area contributed by atoms with Crippen molar-refractivity contribution in [3.63, 3.8) is 0 Å². The van der Waals surface area contributed by atoms with E-state index in [9.17, 15) is 43.2 Å². The van der Waals surface area contributed by atoms with E-state index in [2.05, 4.69) is 0 Å². The zero-order valence-corrected chi connectivity index (χ0v) is 10.1. The second-order valence-corrected chi connectivity index (χ2v) is 8.18. The van der Waals surface area contributed by atoms with E-state index in [4.69, 9.17) is 0 Å². The normalized spacial score (nSPS) is 31.9. The zero-order chi connectivity index (χ0) is 14.8. The lowest BCUT2D eigenvalue weighted by molar-refractivity contribution is -0.246. The van der Waals surface area contributed by atoms with Crippen LogP contribution in [0, 0.1) is 0 Å². The maximum Gasteiger partial charge on any atom is 0.415 e. The van der Waals surface area contributed by atoms with Crippen molar-refractivity contribution in [1.29, 1.82) is 0 Å². The van der Waals surface area contributed by atoms with Gasteiger partial charge in [0.2, 0.25) is 19.7 Å². The first kappa shape index (κ1) is 15.5. The van der Waals surface area contributed by atoms with E-state index < -0.39 is 47.1 Å². The van der Waals surface area contributed by atoms with Crippen molar-refractivity contribution in [3.05, 3.63) is 0 Å². The first-order valence-electron chi connectivity index (χ1n) is 4.30. The molecule has 1 aliphatic heterocycles. The van der Waals surface area contributed by atoms with Gasteiger partial charge in [-0.1, -0.05) is 6.92 Å². The Balaban J connectivity index is 3.83. The van der Waals surface area contributed by atoms with E-state index >= 15 is 0 Å². The van der Waals surface area contributed by atoms with Crippen LogP contribution in [0.2, 0.25) is 0 Å². The topological polar surface area (TPSA) is 68.3 Å². The molecule has 0 spiro atoms. The minimum Gasteiger partial charge on any atom is -0.221 e. The van der Waals surface area contributed by atoms with Gasteiger partial charge in [0.1, 0.15) is 0 Å². The predicted molar refractivity (Wildman–Crippen MR) is 46.8 cm³/mol. The Morgan fingerprint density at radius 3 is 1.33 bits per heavy atom. The van der Waals surface area contributed by atoms with Gasteiger partial charge in [0.15, 0.2) is 4.58 Å². The lowest BCUT2D eigenvalue weighted by atomic mass is 10.3. The molecule has 1 fully saturated rings. The SMILES string of the molecule is CCC1S(=O)(=O)C(F)(F)C(F)(F)C(F)(F)S1(=O)=O. The van der Waals surface area contributed by atoms with Gasteiger partial charge in [-0.2, -0.15) is 26.3 Å². The Hall–Kier alpha value is -0.520. The van der Waals surface area contributed by atoms with Gasteiger partial charge in [0, 0.05) is 0 Å².